The minimum absolute atomic E-state index is 0.0930. The van der Waals surface area contributed by atoms with E-state index < -0.39 is 0 Å². The van der Waals surface area contributed by atoms with Gasteiger partial charge in [0.05, 0.1) is 12.6 Å². The van der Waals surface area contributed by atoms with E-state index >= 15 is 0 Å². The van der Waals surface area contributed by atoms with Gasteiger partial charge in [-0.25, -0.2) is 0 Å². The summed E-state index contributed by atoms with van der Waals surface area (Å²) in [5.74, 6) is 2.38. The van der Waals surface area contributed by atoms with Crippen molar-refractivity contribution in [2.75, 3.05) is 32.8 Å². The molecule has 0 spiro atoms. The Bertz CT molecular complexity index is 787. The number of piperidine rings is 1. The van der Waals surface area contributed by atoms with Gasteiger partial charge in [-0.05, 0) is 68.1 Å². The Kier molecular flexibility index (Phi) is 9.19. The average Bonchev–Trinajstić information content (AvgIpc) is 2.77. The number of hydrogen-bond acceptors (Lipinski definition) is 4. The van der Waals surface area contributed by atoms with E-state index in [9.17, 15) is 9.59 Å². The summed E-state index contributed by atoms with van der Waals surface area (Å²) < 4.78 is 6.01. The Morgan fingerprint density at radius 3 is 2.48 bits per heavy atom. The molecule has 0 bridgehead atoms. The first-order chi connectivity index (χ1) is 15.7. The first kappa shape index (κ1) is 25.5. The summed E-state index contributed by atoms with van der Waals surface area (Å²) in [7, 11) is 0. The Hall–Kier alpha value is -2.08. The molecule has 0 aromatic heterocycles. The molecule has 2 atom stereocenters. The molecule has 2 fully saturated rings. The summed E-state index contributed by atoms with van der Waals surface area (Å²) in [6.45, 7) is 14.1. The Labute approximate surface area is 200 Å². The molecule has 33 heavy (non-hydrogen) atoms. The maximum Gasteiger partial charge on any atom is 0.245 e. The number of benzene rings is 1. The molecule has 0 aliphatic carbocycles. The first-order valence-electron chi connectivity index (χ1n) is 12.8. The van der Waals surface area contributed by atoms with Crippen LogP contribution in [-0.2, 0) is 9.59 Å². The van der Waals surface area contributed by atoms with Crippen molar-refractivity contribution in [2.24, 2.45) is 17.8 Å². The number of carbonyl (C=O) groups excluding carboxylic acids is 2. The lowest BCUT2D eigenvalue weighted by Gasteiger charge is -2.42. The number of amides is 2. The van der Waals surface area contributed by atoms with Crippen molar-refractivity contribution in [1.29, 1.82) is 0 Å². The van der Waals surface area contributed by atoms with Crippen molar-refractivity contribution >= 4 is 11.8 Å². The summed E-state index contributed by atoms with van der Waals surface area (Å²) in [6, 6.07) is 7.62. The largest absolute Gasteiger partial charge is 0.493 e. The van der Waals surface area contributed by atoms with Gasteiger partial charge in [0, 0.05) is 26.2 Å². The molecule has 3 rings (SSSR count). The van der Waals surface area contributed by atoms with Crippen LogP contribution in [0.4, 0.5) is 0 Å². The molecular formula is C27H43N3O3. The monoisotopic (exact) mass is 457 g/mol. The van der Waals surface area contributed by atoms with Crippen molar-refractivity contribution in [1.82, 2.24) is 15.1 Å². The molecular weight excluding hydrogens is 414 g/mol. The van der Waals surface area contributed by atoms with Crippen LogP contribution in [0.5, 0.6) is 5.75 Å². The topological polar surface area (TPSA) is 61.9 Å². The highest BCUT2D eigenvalue weighted by molar-refractivity contribution is 5.90. The molecule has 2 saturated heterocycles. The van der Waals surface area contributed by atoms with Crippen molar-refractivity contribution < 1.29 is 14.3 Å². The third-order valence-electron chi connectivity index (χ3n) is 6.79. The fraction of sp³-hybridized carbons (Fsp3) is 0.704. The quantitative estimate of drug-likeness (QED) is 0.611. The Balaban J connectivity index is 1.58. The fourth-order valence-electron chi connectivity index (χ4n) is 4.98. The number of nitrogens with one attached hydrogen (secondary N) is 1. The highest BCUT2D eigenvalue weighted by Gasteiger charge is 2.39. The van der Waals surface area contributed by atoms with Crippen LogP contribution in [0.3, 0.4) is 0 Å². The predicted molar refractivity (Wildman–Crippen MR) is 132 cm³/mol. The van der Waals surface area contributed by atoms with E-state index in [1.165, 1.54) is 5.56 Å². The molecule has 0 unspecified atom stereocenters. The Morgan fingerprint density at radius 2 is 1.85 bits per heavy atom. The molecule has 1 N–H and O–H groups in total. The van der Waals surface area contributed by atoms with E-state index in [2.05, 4.69) is 52.1 Å². The van der Waals surface area contributed by atoms with Gasteiger partial charge in [-0.15, -0.1) is 0 Å². The minimum atomic E-state index is -0.352. The van der Waals surface area contributed by atoms with Crippen LogP contribution in [0, 0.1) is 24.7 Å². The number of nitrogens with zero attached hydrogens (tertiary/aromatic N) is 2. The van der Waals surface area contributed by atoms with Gasteiger partial charge in [0.1, 0.15) is 11.8 Å². The number of hydrogen-bond donors (Lipinski definition) is 1. The molecule has 6 nitrogen and oxygen atoms in total. The summed E-state index contributed by atoms with van der Waals surface area (Å²) in [4.78, 5) is 30.7. The number of likely N-dealkylation sites (tertiary alicyclic amines) is 1. The second-order valence-corrected chi connectivity index (χ2v) is 10.7. The van der Waals surface area contributed by atoms with Crippen molar-refractivity contribution in [3.05, 3.63) is 29.8 Å². The maximum atomic E-state index is 13.6. The summed E-state index contributed by atoms with van der Waals surface area (Å²) in [5, 5.41) is 3.36. The third kappa shape index (κ3) is 7.20. The smallest absolute Gasteiger partial charge is 0.245 e. The lowest BCUT2D eigenvalue weighted by Crippen LogP contribution is -2.62. The maximum absolute atomic E-state index is 13.6. The number of aryl methyl sites for hydroxylation is 1. The molecule has 0 radical (unpaired) electrons. The zero-order chi connectivity index (χ0) is 24.0. The van der Waals surface area contributed by atoms with Crippen LogP contribution in [-0.4, -0.2) is 66.5 Å². The highest BCUT2D eigenvalue weighted by atomic mass is 16.5. The predicted octanol–water partition coefficient (Wildman–Crippen LogP) is 3.87. The van der Waals surface area contributed by atoms with Crippen LogP contribution in [0.2, 0.25) is 0 Å². The Morgan fingerprint density at radius 1 is 1.12 bits per heavy atom. The molecule has 1 aromatic carbocycles. The van der Waals surface area contributed by atoms with Gasteiger partial charge in [0.25, 0.3) is 0 Å². The van der Waals surface area contributed by atoms with Gasteiger partial charge >= 0.3 is 0 Å². The summed E-state index contributed by atoms with van der Waals surface area (Å²) in [6.07, 6.45) is 3.41. The van der Waals surface area contributed by atoms with Crippen LogP contribution in [0.1, 0.15) is 58.9 Å². The zero-order valence-corrected chi connectivity index (χ0v) is 21.2. The SMILES string of the molecule is Cc1cccc(OCC2CCN(C(=O)[C@H](CC(C)C)N3CCN[C@@H](CC(C)C)C3=O)CC2)c1. The molecule has 2 amide bonds. The highest BCUT2D eigenvalue weighted by Crippen LogP contribution is 2.24. The first-order valence-corrected chi connectivity index (χ1v) is 12.8. The van der Waals surface area contributed by atoms with Crippen LogP contribution in [0.25, 0.3) is 0 Å². The standard InChI is InChI=1S/C27H43N3O3/c1-19(2)15-24-26(31)30(14-11-28-24)25(16-20(3)4)27(32)29-12-9-22(10-13-29)18-33-23-8-6-7-21(5)17-23/h6-8,17,19-20,22,24-25,28H,9-16,18H2,1-5H3/t24-,25-/m0/s1. The van der Waals surface area contributed by atoms with E-state index in [1.807, 2.05) is 21.9 Å². The zero-order valence-electron chi connectivity index (χ0n) is 21.2. The van der Waals surface area contributed by atoms with Crippen molar-refractivity contribution in [3.63, 3.8) is 0 Å². The van der Waals surface area contributed by atoms with E-state index in [0.29, 0.717) is 30.9 Å². The summed E-state index contributed by atoms with van der Waals surface area (Å²) in [5.41, 5.74) is 1.20. The van der Waals surface area contributed by atoms with E-state index in [1.54, 1.807) is 0 Å². The van der Waals surface area contributed by atoms with Gasteiger partial charge in [0.2, 0.25) is 11.8 Å². The number of carbonyl (C=O) groups is 2. The molecule has 2 heterocycles. The molecule has 2 aliphatic heterocycles. The second kappa shape index (κ2) is 11.9. The lowest BCUT2D eigenvalue weighted by molar-refractivity contribution is -0.150. The van der Waals surface area contributed by atoms with E-state index in [-0.39, 0.29) is 23.9 Å². The normalized spacial score (nSPS) is 21.1. The van der Waals surface area contributed by atoms with Crippen LogP contribution >= 0.6 is 0 Å². The van der Waals surface area contributed by atoms with Gasteiger partial charge in [-0.1, -0.05) is 39.8 Å². The van der Waals surface area contributed by atoms with Crippen LogP contribution in [0.15, 0.2) is 24.3 Å². The van der Waals surface area contributed by atoms with Gasteiger partial charge in [-0.3, -0.25) is 9.59 Å². The molecule has 1 aromatic rings. The van der Waals surface area contributed by atoms with Gasteiger partial charge in [-0.2, -0.15) is 0 Å². The minimum Gasteiger partial charge on any atom is -0.493 e. The van der Waals surface area contributed by atoms with Crippen molar-refractivity contribution in [3.8, 4) is 5.75 Å². The summed E-state index contributed by atoms with van der Waals surface area (Å²) >= 11 is 0. The molecule has 2 aliphatic rings. The van der Waals surface area contributed by atoms with E-state index in [0.717, 1.165) is 51.1 Å². The average molecular weight is 458 g/mol. The van der Waals surface area contributed by atoms with E-state index in [4.69, 9.17) is 4.74 Å². The second-order valence-electron chi connectivity index (χ2n) is 10.7. The lowest BCUT2D eigenvalue weighted by atomic mass is 9.94. The van der Waals surface area contributed by atoms with Crippen molar-refractivity contribution in [2.45, 2.75) is 72.4 Å². The fourth-order valence-corrected chi connectivity index (χ4v) is 4.98. The molecule has 6 heteroatoms. The van der Waals surface area contributed by atoms with Crippen LogP contribution < -0.4 is 10.1 Å². The van der Waals surface area contributed by atoms with Gasteiger partial charge < -0.3 is 19.9 Å². The third-order valence-corrected chi connectivity index (χ3v) is 6.79. The number of ether oxygens (including phenoxy) is 1. The molecule has 0 saturated carbocycles. The number of piperazine rings is 1. The van der Waals surface area contributed by atoms with Gasteiger partial charge in [0.15, 0.2) is 0 Å². The molecule has 184 valence electrons. The number of rotatable bonds is 9.